The number of carbonyl (C=O) groups excluding carboxylic acids is 2. The van der Waals surface area contributed by atoms with Gasteiger partial charge in [-0.1, -0.05) is 36.8 Å². The molecule has 1 heterocycles. The van der Waals surface area contributed by atoms with Gasteiger partial charge >= 0.3 is 0 Å². The summed E-state index contributed by atoms with van der Waals surface area (Å²) in [6, 6.07) is 12.1. The maximum Gasteiger partial charge on any atom is 0.242 e. The summed E-state index contributed by atoms with van der Waals surface area (Å²) in [4.78, 5) is 27.9. The molecule has 2 aromatic rings. The first-order valence-corrected chi connectivity index (χ1v) is 14.4. The van der Waals surface area contributed by atoms with Gasteiger partial charge in [-0.05, 0) is 51.3 Å². The summed E-state index contributed by atoms with van der Waals surface area (Å²) in [5.41, 5.74) is 2.43. The predicted octanol–water partition coefficient (Wildman–Crippen LogP) is 3.60. The van der Waals surface area contributed by atoms with Gasteiger partial charge in [0.2, 0.25) is 28.6 Å². The van der Waals surface area contributed by atoms with E-state index in [1.54, 1.807) is 30.0 Å². The van der Waals surface area contributed by atoms with Crippen molar-refractivity contribution in [3.8, 4) is 11.5 Å². The van der Waals surface area contributed by atoms with Gasteiger partial charge in [-0.15, -0.1) is 0 Å². The van der Waals surface area contributed by atoms with Gasteiger partial charge in [0, 0.05) is 31.6 Å². The van der Waals surface area contributed by atoms with Crippen LogP contribution in [-0.4, -0.2) is 56.8 Å². The number of nitrogens with zero attached hydrogens (tertiary/aromatic N) is 2. The highest BCUT2D eigenvalue weighted by molar-refractivity contribution is 7.92. The highest BCUT2D eigenvalue weighted by atomic mass is 32.2. The smallest absolute Gasteiger partial charge is 0.242 e. The third-order valence-corrected chi connectivity index (χ3v) is 7.59. The second kappa shape index (κ2) is 12.3. The Kier molecular flexibility index (Phi) is 9.42. The number of hydrogen-bond acceptors (Lipinski definition) is 6. The molecule has 0 spiro atoms. The van der Waals surface area contributed by atoms with Crippen molar-refractivity contribution in [1.29, 1.82) is 0 Å². The van der Waals surface area contributed by atoms with Crippen molar-refractivity contribution in [2.75, 3.05) is 23.9 Å². The zero-order valence-corrected chi connectivity index (χ0v) is 23.0. The first-order chi connectivity index (χ1) is 17.5. The molecule has 10 heteroatoms. The Morgan fingerprint density at radius 3 is 2.49 bits per heavy atom. The van der Waals surface area contributed by atoms with E-state index in [9.17, 15) is 18.0 Å². The maximum absolute atomic E-state index is 13.4. The first-order valence-electron chi connectivity index (χ1n) is 12.5. The molecule has 0 aromatic heterocycles. The number of aryl methyl sites for hydroxylation is 1. The average Bonchev–Trinajstić information content (AvgIpc) is 3.31. The minimum absolute atomic E-state index is 0.00380. The normalized spacial score (nSPS) is 14.1. The van der Waals surface area contributed by atoms with Crippen molar-refractivity contribution in [3.05, 3.63) is 53.6 Å². The molecule has 0 saturated carbocycles. The second-order valence-electron chi connectivity index (χ2n) is 9.48. The monoisotopic (exact) mass is 531 g/mol. The van der Waals surface area contributed by atoms with E-state index >= 15 is 0 Å². The van der Waals surface area contributed by atoms with Gasteiger partial charge < -0.3 is 19.7 Å². The summed E-state index contributed by atoms with van der Waals surface area (Å²) in [6.07, 6.45) is 2.28. The van der Waals surface area contributed by atoms with Crippen LogP contribution in [0.2, 0.25) is 0 Å². The number of benzene rings is 2. The average molecular weight is 532 g/mol. The van der Waals surface area contributed by atoms with Crippen LogP contribution in [0, 0.1) is 6.92 Å². The van der Waals surface area contributed by atoms with Crippen molar-refractivity contribution in [2.24, 2.45) is 0 Å². The molecule has 2 atom stereocenters. The van der Waals surface area contributed by atoms with Gasteiger partial charge in [0.05, 0.1) is 11.9 Å². The molecule has 9 nitrogen and oxygen atoms in total. The van der Waals surface area contributed by atoms with Crippen LogP contribution in [0.25, 0.3) is 0 Å². The Hall–Kier alpha value is -3.27. The fraction of sp³-hybridized carbons (Fsp3) is 0.481. The van der Waals surface area contributed by atoms with E-state index < -0.39 is 16.1 Å². The van der Waals surface area contributed by atoms with Gasteiger partial charge in [-0.2, -0.15) is 0 Å². The minimum atomic E-state index is -3.61. The van der Waals surface area contributed by atoms with E-state index in [1.165, 1.54) is 4.31 Å². The van der Waals surface area contributed by atoms with Crippen molar-refractivity contribution in [1.82, 2.24) is 10.2 Å². The quantitative estimate of drug-likeness (QED) is 0.449. The van der Waals surface area contributed by atoms with E-state index in [0.29, 0.717) is 17.2 Å². The lowest BCUT2D eigenvalue weighted by molar-refractivity contribution is -0.140. The van der Waals surface area contributed by atoms with Gasteiger partial charge in [0.15, 0.2) is 11.5 Å². The molecule has 1 aliphatic rings. The Balaban J connectivity index is 1.73. The summed E-state index contributed by atoms with van der Waals surface area (Å²) in [5, 5.41) is 2.96. The number of hydrogen-bond donors (Lipinski definition) is 1. The Bertz CT molecular complexity index is 1220. The van der Waals surface area contributed by atoms with Crippen molar-refractivity contribution in [3.63, 3.8) is 0 Å². The topological polar surface area (TPSA) is 105 Å². The molecule has 0 radical (unpaired) electrons. The van der Waals surface area contributed by atoms with Crippen molar-refractivity contribution >= 4 is 27.5 Å². The molecule has 3 rings (SSSR count). The predicted molar refractivity (Wildman–Crippen MR) is 143 cm³/mol. The third-order valence-electron chi connectivity index (χ3n) is 6.40. The molecule has 0 aliphatic carbocycles. The largest absolute Gasteiger partial charge is 0.454 e. The van der Waals surface area contributed by atoms with Gasteiger partial charge in [0.25, 0.3) is 0 Å². The minimum Gasteiger partial charge on any atom is -0.454 e. The molecular weight excluding hydrogens is 494 g/mol. The van der Waals surface area contributed by atoms with Crippen molar-refractivity contribution in [2.45, 2.75) is 65.6 Å². The molecular formula is C27H37N3O6S. The lowest BCUT2D eigenvalue weighted by atomic mass is 10.1. The van der Waals surface area contributed by atoms with Crippen LogP contribution in [0.5, 0.6) is 11.5 Å². The summed E-state index contributed by atoms with van der Waals surface area (Å²) < 4.78 is 37.1. The van der Waals surface area contributed by atoms with Crippen LogP contribution in [0.3, 0.4) is 0 Å². The Morgan fingerprint density at radius 1 is 1.08 bits per heavy atom. The summed E-state index contributed by atoms with van der Waals surface area (Å²) in [5.74, 6) is 0.609. The standard InChI is InChI=1S/C27H37N3O6S/c1-6-20(3)28-27(32)21(4)29(17-22-10-7-9-19(2)15-22)26(31)11-8-14-30(37(5,33)34)23-12-13-24-25(16-23)36-18-35-24/h7,9-10,12-13,15-16,20-21H,6,8,11,14,17-18H2,1-5H3,(H,28,32)/t20-,21+/m0/s1. The number of rotatable bonds is 12. The van der Waals surface area contributed by atoms with E-state index in [1.807, 2.05) is 45.0 Å². The maximum atomic E-state index is 13.4. The fourth-order valence-corrected chi connectivity index (χ4v) is 5.06. The SMILES string of the molecule is CC[C@H](C)NC(=O)[C@@H](C)N(Cc1cccc(C)c1)C(=O)CCCN(c1ccc2c(c1)OCO2)S(C)(=O)=O. The molecule has 0 fully saturated rings. The molecule has 2 amide bonds. The summed E-state index contributed by atoms with van der Waals surface area (Å²) in [6.45, 7) is 8.09. The second-order valence-corrected chi connectivity index (χ2v) is 11.4. The zero-order chi connectivity index (χ0) is 27.2. The number of nitrogens with one attached hydrogen (secondary N) is 1. The zero-order valence-electron chi connectivity index (χ0n) is 22.2. The molecule has 0 unspecified atom stereocenters. The molecule has 0 saturated heterocycles. The molecule has 0 bridgehead atoms. The highest BCUT2D eigenvalue weighted by Gasteiger charge is 2.27. The first kappa shape index (κ1) is 28.3. The molecule has 202 valence electrons. The third kappa shape index (κ3) is 7.61. The number of ether oxygens (including phenoxy) is 2. The number of amides is 2. The lowest BCUT2D eigenvalue weighted by Crippen LogP contribution is -2.49. The van der Waals surface area contributed by atoms with Crippen LogP contribution < -0.4 is 19.1 Å². The molecule has 2 aromatic carbocycles. The van der Waals surface area contributed by atoms with Gasteiger partial charge in [-0.25, -0.2) is 8.42 Å². The number of carbonyl (C=O) groups is 2. The summed E-state index contributed by atoms with van der Waals surface area (Å²) >= 11 is 0. The van der Waals surface area contributed by atoms with Gasteiger partial charge in [-0.3, -0.25) is 13.9 Å². The molecule has 37 heavy (non-hydrogen) atoms. The number of anilines is 1. The van der Waals surface area contributed by atoms with Crippen LogP contribution in [-0.2, 0) is 26.2 Å². The highest BCUT2D eigenvalue weighted by Crippen LogP contribution is 2.36. The molecule has 1 N–H and O–H groups in total. The summed E-state index contributed by atoms with van der Waals surface area (Å²) in [7, 11) is -3.61. The van der Waals surface area contributed by atoms with Crippen LogP contribution in [0.1, 0.15) is 51.2 Å². The number of sulfonamides is 1. The van der Waals surface area contributed by atoms with Crippen LogP contribution in [0.4, 0.5) is 5.69 Å². The lowest BCUT2D eigenvalue weighted by Gasteiger charge is -2.30. The fourth-order valence-electron chi connectivity index (χ4n) is 4.10. The van der Waals surface area contributed by atoms with Crippen LogP contribution >= 0.6 is 0 Å². The van der Waals surface area contributed by atoms with E-state index in [-0.39, 0.29) is 50.6 Å². The van der Waals surface area contributed by atoms with Gasteiger partial charge in [0.1, 0.15) is 6.04 Å². The van der Waals surface area contributed by atoms with Crippen molar-refractivity contribution < 1.29 is 27.5 Å². The Labute approximate surface area is 219 Å². The van der Waals surface area contributed by atoms with E-state index in [4.69, 9.17) is 9.47 Å². The van der Waals surface area contributed by atoms with E-state index in [2.05, 4.69) is 5.32 Å². The molecule has 1 aliphatic heterocycles. The van der Waals surface area contributed by atoms with E-state index in [0.717, 1.165) is 23.8 Å². The Morgan fingerprint density at radius 2 is 1.81 bits per heavy atom. The van der Waals surface area contributed by atoms with Crippen LogP contribution in [0.15, 0.2) is 42.5 Å². The number of fused-ring (bicyclic) bond motifs is 1.